The van der Waals surface area contributed by atoms with E-state index in [1.54, 1.807) is 25.0 Å². The molecule has 0 aromatic heterocycles. The van der Waals surface area contributed by atoms with Gasteiger partial charge in [0.1, 0.15) is 11.1 Å². The molecular weight excluding hydrogens is 254 g/mol. The Bertz CT molecular complexity index is 488. The van der Waals surface area contributed by atoms with Crippen molar-refractivity contribution in [1.82, 2.24) is 9.80 Å². The summed E-state index contributed by atoms with van der Waals surface area (Å²) in [5.74, 6) is -1.12. The monoisotopic (exact) mass is 267 g/mol. The van der Waals surface area contributed by atoms with E-state index in [0.717, 1.165) is 18.7 Å². The van der Waals surface area contributed by atoms with Crippen molar-refractivity contribution in [3.05, 3.63) is 11.3 Å². The zero-order valence-corrected chi connectivity index (χ0v) is 10.7. The number of hydrogen-bond acceptors (Lipinski definition) is 5. The summed E-state index contributed by atoms with van der Waals surface area (Å²) >= 11 is 1.63. The van der Waals surface area contributed by atoms with Gasteiger partial charge in [0, 0.05) is 6.54 Å². The third kappa shape index (κ3) is 1.53. The molecule has 3 aliphatic heterocycles. The van der Waals surface area contributed by atoms with E-state index in [-0.39, 0.29) is 22.4 Å². The number of rotatable bonds is 2. The Morgan fingerprint density at radius 2 is 2.39 bits per heavy atom. The first-order valence-electron chi connectivity index (χ1n) is 5.77. The molecule has 2 atom stereocenters. The van der Waals surface area contributed by atoms with E-state index < -0.39 is 5.97 Å². The van der Waals surface area contributed by atoms with Crippen LogP contribution in [-0.4, -0.2) is 57.0 Å². The van der Waals surface area contributed by atoms with E-state index in [1.807, 2.05) is 4.90 Å². The second-order valence-electron chi connectivity index (χ2n) is 4.51. The van der Waals surface area contributed by atoms with E-state index in [4.69, 9.17) is 0 Å². The van der Waals surface area contributed by atoms with Gasteiger partial charge >= 0.3 is 5.97 Å². The molecule has 1 fully saturated rings. The zero-order chi connectivity index (χ0) is 12.9. The van der Waals surface area contributed by atoms with Gasteiger partial charge in [-0.3, -0.25) is 14.7 Å². The number of amides is 1. The maximum atomic E-state index is 11.5. The number of carbonyl (C=O) groups is 2. The van der Waals surface area contributed by atoms with Gasteiger partial charge < -0.3 is 10.0 Å². The highest BCUT2D eigenvalue weighted by Crippen LogP contribution is 2.44. The largest absolute Gasteiger partial charge is 0.477 e. The molecule has 1 N–H and O–H groups in total. The van der Waals surface area contributed by atoms with Crippen LogP contribution in [0.1, 0.15) is 13.3 Å². The maximum absolute atomic E-state index is 11.5. The number of carboxylic acid groups (broad SMARTS) is 1. The molecule has 7 heteroatoms. The minimum atomic E-state index is -1.02. The van der Waals surface area contributed by atoms with Crippen LogP contribution in [0.2, 0.25) is 0 Å². The van der Waals surface area contributed by atoms with Crippen LogP contribution in [0.15, 0.2) is 16.3 Å². The fraction of sp³-hybridized carbons (Fsp3) is 0.545. The number of aliphatic imine (C=N–C) groups is 1. The molecule has 1 unspecified atom stereocenters. The summed E-state index contributed by atoms with van der Waals surface area (Å²) in [5, 5.41) is 9.24. The average molecular weight is 267 g/mol. The lowest BCUT2D eigenvalue weighted by atomic mass is 10.1. The molecule has 1 saturated heterocycles. The van der Waals surface area contributed by atoms with Crippen LogP contribution < -0.4 is 0 Å². The molecule has 3 aliphatic rings. The van der Waals surface area contributed by atoms with Gasteiger partial charge in [0.15, 0.2) is 0 Å². The zero-order valence-electron chi connectivity index (χ0n) is 9.87. The quantitative estimate of drug-likeness (QED) is 0.729. The first-order chi connectivity index (χ1) is 8.59. The van der Waals surface area contributed by atoms with Crippen molar-refractivity contribution in [3.63, 3.8) is 0 Å². The summed E-state index contributed by atoms with van der Waals surface area (Å²) in [4.78, 5) is 30.5. The summed E-state index contributed by atoms with van der Waals surface area (Å²) in [6.45, 7) is 3.34. The molecule has 0 aromatic carbocycles. The molecule has 0 aliphatic carbocycles. The smallest absolute Gasteiger partial charge is 0.352 e. The van der Waals surface area contributed by atoms with Crippen molar-refractivity contribution in [1.29, 1.82) is 0 Å². The summed E-state index contributed by atoms with van der Waals surface area (Å²) in [7, 11) is 0. The van der Waals surface area contributed by atoms with Crippen molar-refractivity contribution in [3.8, 4) is 0 Å². The predicted octanol–water partition coefficient (Wildman–Crippen LogP) is 0.320. The number of carbonyl (C=O) groups excluding carboxylic acids is 1. The third-order valence-corrected chi connectivity index (χ3v) is 4.97. The summed E-state index contributed by atoms with van der Waals surface area (Å²) in [6.07, 6.45) is 2.20. The van der Waals surface area contributed by atoms with Crippen LogP contribution in [0.4, 0.5) is 0 Å². The van der Waals surface area contributed by atoms with E-state index >= 15 is 0 Å². The molecule has 0 saturated carbocycles. The molecule has 0 spiro atoms. The molecule has 3 rings (SSSR count). The molecule has 3 heterocycles. The van der Waals surface area contributed by atoms with E-state index in [9.17, 15) is 14.7 Å². The first kappa shape index (κ1) is 11.6. The molecule has 0 bridgehead atoms. The maximum Gasteiger partial charge on any atom is 0.352 e. The lowest BCUT2D eigenvalue weighted by molar-refractivity contribution is -0.146. The lowest BCUT2D eigenvalue weighted by Crippen LogP contribution is -2.56. The minimum absolute atomic E-state index is 0.0169. The van der Waals surface area contributed by atoms with E-state index in [2.05, 4.69) is 4.99 Å². The molecular formula is C11H13N3O3S. The van der Waals surface area contributed by atoms with Crippen LogP contribution >= 0.6 is 11.8 Å². The Labute approximate surface area is 108 Å². The van der Waals surface area contributed by atoms with Gasteiger partial charge in [-0.25, -0.2) is 4.79 Å². The average Bonchev–Trinajstić information content (AvgIpc) is 2.82. The van der Waals surface area contributed by atoms with Crippen LogP contribution in [0.5, 0.6) is 0 Å². The number of aliphatic carboxylic acids is 1. The number of carboxylic acids is 1. The molecule has 6 nitrogen and oxygen atoms in total. The van der Waals surface area contributed by atoms with Gasteiger partial charge in [0.2, 0.25) is 5.91 Å². The van der Waals surface area contributed by atoms with Gasteiger partial charge in [0.25, 0.3) is 0 Å². The summed E-state index contributed by atoms with van der Waals surface area (Å²) in [5.41, 5.74) is 0.880. The number of β-lactam (4-membered cyclic amide) rings is 1. The third-order valence-electron chi connectivity index (χ3n) is 3.40. The van der Waals surface area contributed by atoms with Gasteiger partial charge in [-0.1, -0.05) is 0 Å². The lowest BCUT2D eigenvalue weighted by Gasteiger charge is -2.47. The van der Waals surface area contributed by atoms with Gasteiger partial charge in [0.05, 0.1) is 24.7 Å². The molecule has 96 valence electrons. The number of fused-ring (bicyclic) bond motifs is 1. The predicted molar refractivity (Wildman–Crippen MR) is 67.0 cm³/mol. The first-order valence-corrected chi connectivity index (χ1v) is 6.71. The van der Waals surface area contributed by atoms with E-state index in [0.29, 0.717) is 6.42 Å². The highest BCUT2D eigenvalue weighted by atomic mass is 32.2. The van der Waals surface area contributed by atoms with Gasteiger partial charge in [-0.2, -0.15) is 0 Å². The van der Waals surface area contributed by atoms with Crippen molar-refractivity contribution in [2.75, 3.05) is 13.1 Å². The van der Waals surface area contributed by atoms with Crippen molar-refractivity contribution >= 4 is 30.0 Å². The number of thioether (sulfide) groups is 1. The number of hydrogen-bond donors (Lipinski definition) is 1. The topological polar surface area (TPSA) is 73.2 Å². The Hall–Kier alpha value is -1.50. The normalized spacial score (nSPS) is 30.6. The molecule has 1 amide bonds. The standard InChI is InChI=1S/C11H13N3O3S/c1-6-9(11(16)17)14-7(15)4-8(14)18-10(6)13-3-2-12-5-13/h5,8,10H,2-4H2,1H3,(H,16,17)/t8-,10?/m1/s1. The van der Waals surface area contributed by atoms with Gasteiger partial charge in [-0.15, -0.1) is 11.8 Å². The van der Waals surface area contributed by atoms with Crippen molar-refractivity contribution in [2.45, 2.75) is 24.1 Å². The van der Waals surface area contributed by atoms with Gasteiger partial charge in [-0.05, 0) is 12.5 Å². The van der Waals surface area contributed by atoms with Crippen LogP contribution in [0.25, 0.3) is 0 Å². The van der Waals surface area contributed by atoms with Crippen LogP contribution in [-0.2, 0) is 9.59 Å². The molecule has 18 heavy (non-hydrogen) atoms. The Morgan fingerprint density at radius 3 is 2.94 bits per heavy atom. The SMILES string of the molecule is CC1=C(C(=O)O)N2C(=O)C[C@H]2SC1N1C=NCC1. The fourth-order valence-electron chi connectivity index (χ4n) is 2.49. The van der Waals surface area contributed by atoms with Crippen molar-refractivity contribution in [2.24, 2.45) is 4.99 Å². The highest BCUT2D eigenvalue weighted by Gasteiger charge is 2.48. The van der Waals surface area contributed by atoms with Crippen molar-refractivity contribution < 1.29 is 14.7 Å². The summed E-state index contributed by atoms with van der Waals surface area (Å²) < 4.78 is 0. The van der Waals surface area contributed by atoms with E-state index in [1.165, 1.54) is 4.90 Å². The Balaban J connectivity index is 1.97. The fourth-order valence-corrected chi connectivity index (χ4v) is 4.01. The minimum Gasteiger partial charge on any atom is -0.477 e. The Kier molecular flexibility index (Phi) is 2.58. The summed E-state index contributed by atoms with van der Waals surface area (Å²) in [6, 6.07) is 0. The Morgan fingerprint density at radius 1 is 1.61 bits per heavy atom. The van der Waals surface area contributed by atoms with Crippen LogP contribution in [0.3, 0.4) is 0 Å². The number of nitrogens with zero attached hydrogens (tertiary/aromatic N) is 3. The second-order valence-corrected chi connectivity index (χ2v) is 5.77. The van der Waals surface area contributed by atoms with Crippen LogP contribution in [0, 0.1) is 0 Å². The second kappa shape index (κ2) is 4.01. The molecule has 0 aromatic rings. The molecule has 0 radical (unpaired) electrons. The highest BCUT2D eigenvalue weighted by molar-refractivity contribution is 8.00.